The van der Waals surface area contributed by atoms with Gasteiger partial charge < -0.3 is 18.3 Å². The molecule has 0 aliphatic rings. The molecule has 0 saturated carbocycles. The Balaban J connectivity index is 0.000000142. The molecule has 20 aromatic carbocycles. The lowest BCUT2D eigenvalue weighted by atomic mass is 9.87. The Morgan fingerprint density at radius 2 is 0.369 bits per heavy atom. The quantitative estimate of drug-likeness (QED) is 0.109. The molecule has 122 heavy (non-hydrogen) atoms. The van der Waals surface area contributed by atoms with Gasteiger partial charge in [-0.25, -0.2) is 0 Å². The number of rotatable bonds is 12. The van der Waals surface area contributed by atoms with Crippen molar-refractivity contribution in [2.24, 2.45) is 0 Å². The van der Waals surface area contributed by atoms with Crippen LogP contribution in [0.2, 0.25) is 0 Å². The fraction of sp³-hybridized carbons (Fsp3) is 0.0508. The van der Waals surface area contributed by atoms with E-state index in [-0.39, 0.29) is 0 Å². The van der Waals surface area contributed by atoms with Crippen molar-refractivity contribution in [3.05, 3.63) is 436 Å². The third-order valence-corrected chi connectivity index (χ3v) is 25.7. The van der Waals surface area contributed by atoms with Gasteiger partial charge in [0, 0.05) is 65.8 Å². The summed E-state index contributed by atoms with van der Waals surface area (Å²) in [6.45, 7) is 9.22. The zero-order valence-corrected chi connectivity index (χ0v) is 68.4. The van der Waals surface area contributed by atoms with E-state index >= 15 is 0 Å². The molecule has 0 radical (unpaired) electrons. The van der Waals surface area contributed by atoms with Crippen molar-refractivity contribution in [2.75, 3.05) is 0 Å². The minimum Gasteiger partial charge on any atom is -0.309 e. The Labute approximate surface area is 708 Å². The minimum atomic E-state index is 0.389. The normalized spacial score (nSPS) is 11.9. The fourth-order valence-corrected chi connectivity index (χ4v) is 19.8. The number of nitrogens with zero attached hydrogens (tertiary/aromatic N) is 4. The molecule has 0 fully saturated rings. The fourth-order valence-electron chi connectivity index (χ4n) is 19.8. The van der Waals surface area contributed by atoms with E-state index in [9.17, 15) is 0 Å². The highest BCUT2D eigenvalue weighted by atomic mass is 15.0. The predicted octanol–water partition coefficient (Wildman–Crippen LogP) is 32.6. The van der Waals surface area contributed by atoms with Crippen LogP contribution in [0.3, 0.4) is 0 Å². The number of hydrogen-bond acceptors (Lipinski definition) is 0. The van der Waals surface area contributed by atoms with E-state index in [1.807, 2.05) is 0 Å². The van der Waals surface area contributed by atoms with Gasteiger partial charge >= 0.3 is 0 Å². The second-order valence-corrected chi connectivity index (χ2v) is 33.5. The Hall–Kier alpha value is -15.4. The molecule has 0 aliphatic heterocycles. The highest BCUT2D eigenvalue weighted by molar-refractivity contribution is 6.16. The smallest absolute Gasteiger partial charge is 0.0541 e. The summed E-state index contributed by atoms with van der Waals surface area (Å²) in [6, 6.07) is 157. The molecule has 4 heterocycles. The van der Waals surface area contributed by atoms with Gasteiger partial charge in [0.15, 0.2) is 0 Å². The summed E-state index contributed by atoms with van der Waals surface area (Å²) in [7, 11) is 0. The van der Waals surface area contributed by atoms with E-state index in [4.69, 9.17) is 0 Å². The molecule has 4 heteroatoms. The minimum absolute atomic E-state index is 0.389. The molecule has 0 atom stereocenters. The summed E-state index contributed by atoms with van der Waals surface area (Å²) in [5.74, 6) is 0.779. The van der Waals surface area contributed by atoms with E-state index in [0.29, 0.717) is 11.8 Å². The first kappa shape index (κ1) is 71.9. The van der Waals surface area contributed by atoms with Gasteiger partial charge in [0.1, 0.15) is 0 Å². The van der Waals surface area contributed by atoms with Crippen molar-refractivity contribution in [1.82, 2.24) is 18.3 Å². The lowest BCUT2D eigenvalue weighted by molar-refractivity contribution is 0.869. The van der Waals surface area contributed by atoms with Gasteiger partial charge in [-0.2, -0.15) is 0 Å². The van der Waals surface area contributed by atoms with Crippen LogP contribution in [0.25, 0.3) is 220 Å². The van der Waals surface area contributed by atoms with Crippen molar-refractivity contribution in [2.45, 2.75) is 39.5 Å². The van der Waals surface area contributed by atoms with Crippen molar-refractivity contribution in [1.29, 1.82) is 0 Å². The molecular formula is C118H84N4. The van der Waals surface area contributed by atoms with Crippen LogP contribution in [0.5, 0.6) is 0 Å². The van der Waals surface area contributed by atoms with Gasteiger partial charge in [0.2, 0.25) is 0 Å². The van der Waals surface area contributed by atoms with Crippen molar-refractivity contribution < 1.29 is 0 Å². The van der Waals surface area contributed by atoms with Gasteiger partial charge in [-0.3, -0.25) is 0 Å². The first-order chi connectivity index (χ1) is 60.1. The van der Waals surface area contributed by atoms with Gasteiger partial charge in [-0.1, -0.05) is 319 Å². The molecule has 0 N–H and O–H groups in total. The predicted molar refractivity (Wildman–Crippen MR) is 521 cm³/mol. The molecule has 0 amide bonds. The van der Waals surface area contributed by atoms with E-state index < -0.39 is 0 Å². The monoisotopic (exact) mass is 1560 g/mol. The Morgan fingerprint density at radius 1 is 0.148 bits per heavy atom. The van der Waals surface area contributed by atoms with Crippen molar-refractivity contribution in [3.63, 3.8) is 0 Å². The number of fused-ring (bicyclic) bond motifs is 16. The molecule has 4 nitrogen and oxygen atoms in total. The van der Waals surface area contributed by atoms with Crippen molar-refractivity contribution >= 4 is 130 Å². The highest BCUT2D eigenvalue weighted by Gasteiger charge is 2.22. The summed E-state index contributed by atoms with van der Waals surface area (Å²) in [6.07, 6.45) is 0. The van der Waals surface area contributed by atoms with Gasteiger partial charge in [-0.15, -0.1) is 0 Å². The summed E-state index contributed by atoms with van der Waals surface area (Å²) >= 11 is 0. The zero-order valence-electron chi connectivity index (χ0n) is 68.4. The molecule has 0 saturated heterocycles. The number of aromatic nitrogens is 4. The van der Waals surface area contributed by atoms with Crippen LogP contribution in [0, 0.1) is 0 Å². The first-order valence-electron chi connectivity index (χ1n) is 42.7. The Bertz CT molecular complexity index is 7660. The van der Waals surface area contributed by atoms with E-state index in [1.165, 1.54) is 220 Å². The topological polar surface area (TPSA) is 19.7 Å². The number of hydrogen-bond donors (Lipinski definition) is 0. The zero-order chi connectivity index (χ0) is 81.2. The average Bonchev–Trinajstić information content (AvgIpc) is 1.46. The molecule has 0 bridgehead atoms. The third kappa shape index (κ3) is 12.1. The number of benzene rings is 20. The van der Waals surface area contributed by atoms with Crippen LogP contribution in [0.1, 0.15) is 50.7 Å². The second kappa shape index (κ2) is 29.3. The van der Waals surface area contributed by atoms with Crippen molar-refractivity contribution in [3.8, 4) is 89.5 Å². The maximum Gasteiger partial charge on any atom is 0.0541 e. The molecule has 576 valence electrons. The molecule has 24 rings (SSSR count). The standard InChI is InChI=1S/C62H40N2.C56H44N2/c1-5-31-59-53(25-1)54-26-2-6-32-60(54)63(59)49-23-11-17-43(38-49)41-15-9-19-45(35-41)51-29-13-21-47-37-48-22-14-30-52(58(48)40-57(47)51)46-20-10-16-42(36-46)44-18-12-24-50(39-44)64-61-33-7-3-27-55(61)56-28-4-8-34-62(56)64;1-35(2)39-27-41-29-42-28-40(36(3)4)33-50(38-16-14-18-44(31-38)58-55-25-11-7-21-47(55)48-22-8-12-26-56(48)58)52(42)34-51(41)49(32-39)37-15-13-17-43(30-37)57-53-23-9-5-19-45(53)46-20-6-10-24-54(46)57/h1-40H;5-36H,1-4H3. The average molecular weight is 1560 g/mol. The maximum absolute atomic E-state index is 2.48. The Morgan fingerprint density at radius 3 is 0.656 bits per heavy atom. The van der Waals surface area contributed by atoms with E-state index in [2.05, 4.69) is 471 Å². The summed E-state index contributed by atoms with van der Waals surface area (Å²) in [4.78, 5) is 0. The van der Waals surface area contributed by atoms with Crippen LogP contribution < -0.4 is 0 Å². The van der Waals surface area contributed by atoms with Gasteiger partial charge in [0.05, 0.1) is 44.1 Å². The lowest BCUT2D eigenvalue weighted by Gasteiger charge is -2.18. The number of para-hydroxylation sites is 8. The van der Waals surface area contributed by atoms with Crippen LogP contribution in [0.4, 0.5) is 0 Å². The summed E-state index contributed by atoms with van der Waals surface area (Å²) in [5.41, 5.74) is 31.7. The van der Waals surface area contributed by atoms with E-state index in [0.717, 1.165) is 11.4 Å². The van der Waals surface area contributed by atoms with Gasteiger partial charge in [0.25, 0.3) is 0 Å². The van der Waals surface area contributed by atoms with Gasteiger partial charge in [-0.05, 0) is 266 Å². The molecule has 4 aromatic heterocycles. The lowest BCUT2D eigenvalue weighted by Crippen LogP contribution is -1.97. The van der Waals surface area contributed by atoms with Crippen LogP contribution >= 0.6 is 0 Å². The van der Waals surface area contributed by atoms with Crippen LogP contribution in [-0.2, 0) is 0 Å². The molecule has 0 aliphatic carbocycles. The first-order valence-corrected chi connectivity index (χ1v) is 42.7. The molecule has 0 spiro atoms. The Kier molecular flexibility index (Phi) is 17.3. The molecular weight excluding hydrogens is 1470 g/mol. The van der Waals surface area contributed by atoms with Crippen LogP contribution in [0.15, 0.2) is 425 Å². The maximum atomic E-state index is 2.48. The summed E-state index contributed by atoms with van der Waals surface area (Å²) in [5, 5.41) is 20.2. The van der Waals surface area contributed by atoms with Crippen LogP contribution in [-0.4, -0.2) is 18.3 Å². The highest BCUT2D eigenvalue weighted by Crippen LogP contribution is 2.46. The third-order valence-electron chi connectivity index (χ3n) is 25.7. The van der Waals surface area contributed by atoms with E-state index in [1.54, 1.807) is 0 Å². The summed E-state index contributed by atoms with van der Waals surface area (Å²) < 4.78 is 9.64. The second-order valence-electron chi connectivity index (χ2n) is 33.5. The molecule has 0 unspecified atom stereocenters. The SMILES string of the molecule is CC(C)c1cc(-c2cccc(-n3c4ccccc4c4ccccc43)c2)c2cc3c(-c4cccc(-n5c6ccccc6c6ccccc65)c4)cc(C(C)C)cc3cc2c1.c1cc(-c2cccc(-n3c4ccccc4c4ccccc43)c2)cc(-c2cccc3cc4cccc(-c5cccc(-c6cccc(-n7c8ccccc8c8ccccc87)c6)c5)c4cc23)c1. The largest absolute Gasteiger partial charge is 0.309 e. The molecule has 24 aromatic rings.